The number of aliphatic hydroxyl groups excluding tert-OH is 1. The number of ether oxygens (including phenoxy) is 2. The number of nitrogens with zero attached hydrogens (tertiary/aromatic N) is 4. The Balaban J connectivity index is 1.23. The van der Waals surface area contributed by atoms with Gasteiger partial charge in [-0.05, 0) is 19.3 Å². The highest BCUT2D eigenvalue weighted by Crippen LogP contribution is 2.42. The zero-order valence-electron chi connectivity index (χ0n) is 25.5. The maximum absolute atomic E-state index is 11.5. The van der Waals surface area contributed by atoms with Gasteiger partial charge in [0.05, 0.1) is 54.2 Å². The molecule has 0 radical (unpaired) electrons. The van der Waals surface area contributed by atoms with E-state index in [9.17, 15) is 9.90 Å². The molecule has 2 aromatic heterocycles. The van der Waals surface area contributed by atoms with Crippen molar-refractivity contribution in [2.45, 2.75) is 57.0 Å². The van der Waals surface area contributed by atoms with Gasteiger partial charge in [-0.1, -0.05) is 59.6 Å². The number of halogens is 2. The second-order valence-corrected chi connectivity index (χ2v) is 12.1. The van der Waals surface area contributed by atoms with Crippen LogP contribution in [0.2, 0.25) is 10.0 Å². The zero-order valence-corrected chi connectivity index (χ0v) is 27.0. The number of aliphatic hydroxyl groups is 1. The molecule has 1 aliphatic heterocycles. The molecule has 1 unspecified atom stereocenters. The fourth-order valence-corrected chi connectivity index (χ4v) is 6.34. The molecular weight excluding hydrogens is 629 g/mol. The summed E-state index contributed by atoms with van der Waals surface area (Å²) >= 11 is 14.0. The molecule has 11 nitrogen and oxygen atoms in total. The van der Waals surface area contributed by atoms with Crippen LogP contribution in [0.25, 0.3) is 33.6 Å². The molecule has 1 atom stereocenters. The van der Waals surface area contributed by atoms with E-state index in [1.807, 2.05) is 36.4 Å². The molecule has 4 aromatic rings. The van der Waals surface area contributed by atoms with E-state index in [2.05, 4.69) is 25.9 Å². The lowest BCUT2D eigenvalue weighted by Crippen LogP contribution is -2.43. The van der Waals surface area contributed by atoms with Crippen molar-refractivity contribution in [1.29, 1.82) is 0 Å². The minimum atomic E-state index is -0.236. The van der Waals surface area contributed by atoms with E-state index in [0.717, 1.165) is 30.4 Å². The molecule has 6 rings (SSSR count). The molecule has 2 aromatic carbocycles. The third kappa shape index (κ3) is 6.93. The van der Waals surface area contributed by atoms with E-state index in [-0.39, 0.29) is 24.1 Å². The number of methoxy groups -OCH3 is 2. The molecule has 46 heavy (non-hydrogen) atoms. The first kappa shape index (κ1) is 32.1. The number of carbonyl (C=O) groups is 1. The molecule has 240 valence electrons. The molecule has 1 saturated carbocycles. The minimum Gasteiger partial charge on any atom is -0.480 e. The lowest BCUT2D eigenvalue weighted by atomic mass is 9.89. The fourth-order valence-electron chi connectivity index (χ4n) is 5.69. The van der Waals surface area contributed by atoms with Gasteiger partial charge >= 0.3 is 0 Å². The second kappa shape index (κ2) is 14.3. The van der Waals surface area contributed by atoms with Gasteiger partial charge in [-0.2, -0.15) is 0 Å². The monoisotopic (exact) mass is 663 g/mol. The molecule has 1 aliphatic carbocycles. The molecule has 0 spiro atoms. The number of nitrogens with one attached hydrogen (secondary N) is 3. The third-order valence-electron chi connectivity index (χ3n) is 8.29. The van der Waals surface area contributed by atoms with Crippen molar-refractivity contribution in [3.8, 4) is 45.4 Å². The van der Waals surface area contributed by atoms with Crippen molar-refractivity contribution in [1.82, 2.24) is 35.9 Å². The van der Waals surface area contributed by atoms with Crippen molar-refractivity contribution in [2.75, 3.05) is 20.8 Å². The summed E-state index contributed by atoms with van der Waals surface area (Å²) in [5.41, 5.74) is 5.25. The summed E-state index contributed by atoms with van der Waals surface area (Å²) < 4.78 is 11.1. The molecule has 2 aliphatic rings. The van der Waals surface area contributed by atoms with E-state index in [1.54, 1.807) is 26.6 Å². The Kier molecular flexibility index (Phi) is 9.95. The van der Waals surface area contributed by atoms with Gasteiger partial charge in [0, 0.05) is 60.4 Å². The number of amides is 1. The Morgan fingerprint density at radius 2 is 1.41 bits per heavy atom. The lowest BCUT2D eigenvalue weighted by molar-refractivity contribution is -0.119. The maximum atomic E-state index is 11.5. The van der Waals surface area contributed by atoms with Crippen LogP contribution in [-0.2, 0) is 17.9 Å². The van der Waals surface area contributed by atoms with E-state index >= 15 is 0 Å². The van der Waals surface area contributed by atoms with E-state index in [1.165, 1.54) is 0 Å². The summed E-state index contributed by atoms with van der Waals surface area (Å²) in [6, 6.07) is 11.7. The fraction of sp³-hybridized carbons (Fsp3) is 0.364. The van der Waals surface area contributed by atoms with Crippen LogP contribution in [0.4, 0.5) is 0 Å². The molecule has 1 saturated heterocycles. The Hall–Kier alpha value is -3.87. The van der Waals surface area contributed by atoms with E-state index in [0.29, 0.717) is 81.8 Å². The Morgan fingerprint density at radius 3 is 1.91 bits per heavy atom. The average molecular weight is 665 g/mol. The van der Waals surface area contributed by atoms with E-state index < -0.39 is 0 Å². The topological polar surface area (TPSA) is 143 Å². The van der Waals surface area contributed by atoms with Crippen LogP contribution in [0.1, 0.15) is 37.1 Å². The SMILES string of the molecule is COc1nc(-c2cccc(-c3cccc(-c4cnc(CNC5CC(O)C5)c(OC)n4)c3Cl)c2Cl)cnc1CNCC1CCC(=O)N1. The number of hydrogen-bond acceptors (Lipinski definition) is 10. The molecular formula is C33H35Cl2N7O4. The van der Waals surface area contributed by atoms with Crippen molar-refractivity contribution < 1.29 is 19.4 Å². The Labute approximate surface area is 277 Å². The van der Waals surface area contributed by atoms with Crippen molar-refractivity contribution >= 4 is 29.1 Å². The molecule has 2 fully saturated rings. The average Bonchev–Trinajstić information content (AvgIpc) is 3.47. The predicted octanol–water partition coefficient (Wildman–Crippen LogP) is 4.57. The van der Waals surface area contributed by atoms with Gasteiger partial charge in [0.1, 0.15) is 11.4 Å². The van der Waals surface area contributed by atoms with Crippen LogP contribution in [-0.4, -0.2) is 69.9 Å². The van der Waals surface area contributed by atoms with Gasteiger partial charge < -0.3 is 30.5 Å². The summed E-state index contributed by atoms with van der Waals surface area (Å²) in [5, 5.41) is 20.1. The molecule has 13 heteroatoms. The first-order chi connectivity index (χ1) is 22.3. The Bertz CT molecular complexity index is 1730. The highest BCUT2D eigenvalue weighted by atomic mass is 35.5. The number of benzene rings is 2. The number of rotatable bonds is 12. The van der Waals surface area contributed by atoms with Crippen molar-refractivity contribution in [2.24, 2.45) is 0 Å². The van der Waals surface area contributed by atoms with Gasteiger partial charge in [-0.15, -0.1) is 0 Å². The predicted molar refractivity (Wildman–Crippen MR) is 176 cm³/mol. The highest BCUT2D eigenvalue weighted by molar-refractivity contribution is 6.39. The summed E-state index contributed by atoms with van der Waals surface area (Å²) in [5.74, 6) is 0.875. The summed E-state index contributed by atoms with van der Waals surface area (Å²) in [4.78, 5) is 30.1. The number of carbonyl (C=O) groups excluding carboxylic acids is 1. The van der Waals surface area contributed by atoms with Crippen LogP contribution in [0.5, 0.6) is 11.8 Å². The Morgan fingerprint density at radius 1 is 0.870 bits per heavy atom. The third-order valence-corrected chi connectivity index (χ3v) is 9.10. The van der Waals surface area contributed by atoms with Crippen molar-refractivity contribution in [3.05, 3.63) is 70.2 Å². The molecule has 4 N–H and O–H groups in total. The zero-order chi connectivity index (χ0) is 32.2. The van der Waals surface area contributed by atoms with Crippen LogP contribution in [0.3, 0.4) is 0 Å². The summed E-state index contributed by atoms with van der Waals surface area (Å²) in [7, 11) is 3.12. The normalized spacial score (nSPS) is 19.1. The smallest absolute Gasteiger partial charge is 0.237 e. The van der Waals surface area contributed by atoms with Crippen LogP contribution in [0, 0.1) is 0 Å². The molecule has 3 heterocycles. The summed E-state index contributed by atoms with van der Waals surface area (Å²) in [6.45, 7) is 1.56. The van der Waals surface area contributed by atoms with Gasteiger partial charge in [-0.25, -0.2) is 9.97 Å². The van der Waals surface area contributed by atoms with Crippen LogP contribution in [0.15, 0.2) is 48.8 Å². The largest absolute Gasteiger partial charge is 0.480 e. The maximum Gasteiger partial charge on any atom is 0.237 e. The highest BCUT2D eigenvalue weighted by Gasteiger charge is 2.27. The van der Waals surface area contributed by atoms with Crippen LogP contribution < -0.4 is 25.4 Å². The minimum absolute atomic E-state index is 0.0824. The lowest BCUT2D eigenvalue weighted by Gasteiger charge is -2.32. The molecule has 1 amide bonds. The summed E-state index contributed by atoms with van der Waals surface area (Å²) in [6.07, 6.45) is 5.94. The van der Waals surface area contributed by atoms with Crippen molar-refractivity contribution in [3.63, 3.8) is 0 Å². The van der Waals surface area contributed by atoms with Crippen LogP contribution >= 0.6 is 23.2 Å². The van der Waals surface area contributed by atoms with Gasteiger partial charge in [0.2, 0.25) is 17.7 Å². The van der Waals surface area contributed by atoms with E-state index in [4.69, 9.17) is 42.6 Å². The quantitative estimate of drug-likeness (QED) is 0.170. The number of aromatic nitrogens is 4. The van der Waals surface area contributed by atoms with Gasteiger partial charge in [-0.3, -0.25) is 14.8 Å². The first-order valence-electron chi connectivity index (χ1n) is 15.1. The van der Waals surface area contributed by atoms with Gasteiger partial charge in [0.15, 0.2) is 0 Å². The first-order valence-corrected chi connectivity index (χ1v) is 15.9. The number of hydrogen-bond donors (Lipinski definition) is 4. The standard InChI is InChI=1S/C33H35Cl2N7O4/c1-45-32-27(14-36-13-18-9-10-29(44)40-18)38-15-25(41-32)23-7-3-5-21(30(23)34)22-6-4-8-24(31(22)35)26-16-39-28(33(42-26)46-2)17-37-19-11-20(43)12-19/h3-8,15-16,18-20,36-37,43H,9-14,17H2,1-2H3,(H,40,44). The van der Waals surface area contributed by atoms with Gasteiger partial charge in [0.25, 0.3) is 0 Å². The second-order valence-electron chi connectivity index (χ2n) is 11.4. The molecule has 0 bridgehead atoms.